The van der Waals surface area contributed by atoms with E-state index in [2.05, 4.69) is 0 Å². The molecule has 12 N–H and O–H groups in total. The molecule has 20 atom stereocenters. The molecular weight excluding hydrogens is 944 g/mol. The minimum Gasteiger partial charge on any atom is -0.493 e. The number of aliphatic hydroxyl groups is 12. The van der Waals surface area contributed by atoms with Crippen molar-refractivity contribution in [1.29, 1.82) is 0 Å². The molecule has 6 saturated heterocycles. The Bertz CT molecular complexity index is 1890. The van der Waals surface area contributed by atoms with E-state index in [0.717, 1.165) is 0 Å². The Morgan fingerprint density at radius 2 is 0.843 bits per heavy atom. The number of fused-ring (bicyclic) bond motifs is 1. The van der Waals surface area contributed by atoms with E-state index in [1.807, 2.05) is 0 Å². The fourth-order valence-electron chi connectivity index (χ4n) is 9.55. The van der Waals surface area contributed by atoms with E-state index in [1.165, 1.54) is 28.4 Å². The minimum absolute atomic E-state index is 0.0450. The topological polar surface area (TPSA) is 372 Å². The van der Waals surface area contributed by atoms with E-state index in [0.29, 0.717) is 11.1 Å². The molecular formula is C44H62O26. The van der Waals surface area contributed by atoms with Crippen molar-refractivity contribution in [2.75, 3.05) is 81.3 Å². The number of hydrogen-bond acceptors (Lipinski definition) is 26. The van der Waals surface area contributed by atoms with Gasteiger partial charge in [-0.15, -0.1) is 0 Å². The van der Waals surface area contributed by atoms with Crippen LogP contribution in [0.25, 0.3) is 0 Å². The highest BCUT2D eigenvalue weighted by Crippen LogP contribution is 2.54. The van der Waals surface area contributed by atoms with Crippen molar-refractivity contribution in [2.45, 2.75) is 110 Å². The van der Waals surface area contributed by atoms with Gasteiger partial charge in [-0.2, -0.15) is 0 Å². The summed E-state index contributed by atoms with van der Waals surface area (Å²) in [6.45, 7) is -3.77. The third kappa shape index (κ3) is 9.59. The Balaban J connectivity index is 1.01. The number of methoxy groups -OCH3 is 4. The summed E-state index contributed by atoms with van der Waals surface area (Å²) in [4.78, 5) is 0. The maximum absolute atomic E-state index is 11.1. The summed E-state index contributed by atoms with van der Waals surface area (Å²) in [5, 5.41) is 125. The van der Waals surface area contributed by atoms with Crippen LogP contribution < -0.4 is 28.4 Å². The van der Waals surface area contributed by atoms with Gasteiger partial charge < -0.3 is 128 Å². The largest absolute Gasteiger partial charge is 0.493 e. The van der Waals surface area contributed by atoms with Gasteiger partial charge in [0, 0.05) is 11.8 Å². The Morgan fingerprint density at radius 1 is 0.500 bits per heavy atom. The monoisotopic (exact) mass is 1010 g/mol. The molecule has 8 rings (SSSR count). The van der Waals surface area contributed by atoms with Crippen molar-refractivity contribution < 1.29 is 128 Å². The first-order valence-electron chi connectivity index (χ1n) is 22.4. The highest BCUT2D eigenvalue weighted by atomic mass is 16.8. The highest BCUT2D eigenvalue weighted by molar-refractivity contribution is 5.56. The second-order valence-corrected chi connectivity index (χ2v) is 18.0. The zero-order valence-corrected chi connectivity index (χ0v) is 38.4. The number of benzene rings is 2. The van der Waals surface area contributed by atoms with Crippen LogP contribution in [0.2, 0.25) is 0 Å². The van der Waals surface area contributed by atoms with Gasteiger partial charge in [0.05, 0.1) is 93.5 Å². The summed E-state index contributed by atoms with van der Waals surface area (Å²) >= 11 is 0. The normalized spacial score (nSPS) is 41.6. The summed E-state index contributed by atoms with van der Waals surface area (Å²) in [5.41, 5.74) is -2.96. The summed E-state index contributed by atoms with van der Waals surface area (Å²) in [5.74, 6) is -0.146. The molecule has 2 aromatic rings. The van der Waals surface area contributed by atoms with E-state index in [9.17, 15) is 61.3 Å². The first-order chi connectivity index (χ1) is 33.5. The molecule has 70 heavy (non-hydrogen) atoms. The fraction of sp³-hybridized carbons (Fsp3) is 0.727. The van der Waals surface area contributed by atoms with Crippen molar-refractivity contribution in [1.82, 2.24) is 0 Å². The van der Waals surface area contributed by atoms with E-state index in [1.54, 1.807) is 24.3 Å². The summed E-state index contributed by atoms with van der Waals surface area (Å²) < 4.78 is 82.3. The third-order valence-electron chi connectivity index (χ3n) is 13.7. The average molecular weight is 1010 g/mol. The van der Waals surface area contributed by atoms with Gasteiger partial charge in [0.1, 0.15) is 60.0 Å². The molecule has 0 bridgehead atoms. The first-order valence-corrected chi connectivity index (χ1v) is 22.4. The van der Waals surface area contributed by atoms with Crippen LogP contribution in [0.15, 0.2) is 24.3 Å². The molecule has 0 aliphatic carbocycles. The van der Waals surface area contributed by atoms with Crippen molar-refractivity contribution in [3.8, 4) is 34.5 Å². The lowest BCUT2D eigenvalue weighted by molar-refractivity contribution is -0.319. The Kier molecular flexibility index (Phi) is 16.2. The molecule has 6 aliphatic rings. The van der Waals surface area contributed by atoms with Gasteiger partial charge in [-0.05, 0) is 35.4 Å². The van der Waals surface area contributed by atoms with Crippen LogP contribution in [0.4, 0.5) is 0 Å². The molecule has 20 unspecified atom stereocenters. The van der Waals surface area contributed by atoms with Crippen LogP contribution in [-0.2, 0) is 37.9 Å². The number of hydrogen-bond donors (Lipinski definition) is 12. The molecule has 6 heterocycles. The zero-order valence-electron chi connectivity index (χ0n) is 38.4. The Hall–Kier alpha value is -3.56. The van der Waals surface area contributed by atoms with Gasteiger partial charge in [0.2, 0.25) is 24.1 Å². The lowest BCUT2D eigenvalue weighted by Crippen LogP contribution is -2.62. The van der Waals surface area contributed by atoms with Crippen LogP contribution >= 0.6 is 0 Å². The van der Waals surface area contributed by atoms with Gasteiger partial charge in [-0.1, -0.05) is 0 Å². The predicted molar refractivity (Wildman–Crippen MR) is 226 cm³/mol. The highest BCUT2D eigenvalue weighted by Gasteiger charge is 2.56. The van der Waals surface area contributed by atoms with Gasteiger partial charge in [-0.3, -0.25) is 0 Å². The van der Waals surface area contributed by atoms with E-state index < -0.39 is 149 Å². The smallest absolute Gasteiger partial charge is 0.230 e. The molecule has 0 radical (unpaired) electrons. The van der Waals surface area contributed by atoms with Crippen LogP contribution in [0.5, 0.6) is 34.5 Å². The SMILES string of the molecule is COc1cc(C2OCC3C(c4cc(OC)c(OC5OC(CO)C(O)C(O)C5OC5OCC(O)(CO)C5O)c(OC)c4)OCC23)cc(OC)c1OC1OC(CO)C(O)C(O)C1OC1OCC(O)(CO)C1O. The van der Waals surface area contributed by atoms with E-state index in [4.69, 9.17) is 66.3 Å². The lowest BCUT2D eigenvalue weighted by Gasteiger charge is -2.42. The van der Waals surface area contributed by atoms with Crippen molar-refractivity contribution in [3.05, 3.63) is 35.4 Å². The van der Waals surface area contributed by atoms with Crippen molar-refractivity contribution in [3.63, 3.8) is 0 Å². The maximum atomic E-state index is 11.1. The van der Waals surface area contributed by atoms with Gasteiger partial charge in [0.15, 0.2) is 47.8 Å². The van der Waals surface area contributed by atoms with Crippen LogP contribution in [0, 0.1) is 11.8 Å². The number of rotatable bonds is 18. The zero-order chi connectivity index (χ0) is 50.4. The predicted octanol–water partition coefficient (Wildman–Crippen LogP) is -4.92. The second-order valence-electron chi connectivity index (χ2n) is 18.0. The molecule has 26 heteroatoms. The molecule has 0 saturated carbocycles. The minimum atomic E-state index is -2.07. The van der Waals surface area contributed by atoms with Crippen LogP contribution in [-0.4, -0.2) is 240 Å². The summed E-state index contributed by atoms with van der Waals surface area (Å²) in [6, 6.07) is 6.57. The second kappa shape index (κ2) is 21.5. The van der Waals surface area contributed by atoms with Crippen LogP contribution in [0.3, 0.4) is 0 Å². The lowest BCUT2D eigenvalue weighted by atomic mass is 9.84. The molecule has 0 spiro atoms. The van der Waals surface area contributed by atoms with Gasteiger partial charge in [0.25, 0.3) is 0 Å². The third-order valence-corrected chi connectivity index (χ3v) is 13.7. The molecule has 0 amide bonds. The van der Waals surface area contributed by atoms with Gasteiger partial charge in [-0.25, -0.2) is 0 Å². The van der Waals surface area contributed by atoms with E-state index in [-0.39, 0.29) is 59.5 Å². The summed E-state index contributed by atoms with van der Waals surface area (Å²) in [7, 11) is 5.47. The van der Waals surface area contributed by atoms with Crippen molar-refractivity contribution in [2.24, 2.45) is 11.8 Å². The molecule has 6 fully saturated rings. The Labute approximate surface area is 399 Å². The molecule has 26 nitrogen and oxygen atoms in total. The molecule has 6 aliphatic heterocycles. The summed E-state index contributed by atoms with van der Waals surface area (Å²) in [6.07, 6.45) is -24.0. The number of ether oxygens (including phenoxy) is 14. The first kappa shape index (κ1) is 52.8. The average Bonchev–Trinajstić information content (AvgIpc) is 4.13. The van der Waals surface area contributed by atoms with Gasteiger partial charge >= 0.3 is 0 Å². The quantitative estimate of drug-likeness (QED) is 0.0666. The number of aliphatic hydroxyl groups excluding tert-OH is 10. The maximum Gasteiger partial charge on any atom is 0.230 e. The van der Waals surface area contributed by atoms with E-state index >= 15 is 0 Å². The Morgan fingerprint density at radius 3 is 1.13 bits per heavy atom. The van der Waals surface area contributed by atoms with Crippen molar-refractivity contribution >= 4 is 0 Å². The standard InChI is InChI=1S/C44H62O26/c1-57-21-5-17(6-22(58-2)33(21)67-39-35(29(51)27(49)25(9-45)65-39)69-41-37(53)43(55,13-47)15-63-41)31-19-11-62-32(20(19)12-61-31)18-7-23(59-3)34(24(8-18)60-4)68-40-36(30(52)28(50)26(10-46)66-40)70-42-38(54)44(56,14-48)16-64-42/h5-8,19-20,25-32,35-42,45-56H,9-16H2,1-4H3. The van der Waals surface area contributed by atoms with Crippen LogP contribution in [0.1, 0.15) is 23.3 Å². The molecule has 394 valence electrons. The fourth-order valence-corrected chi connectivity index (χ4v) is 9.55. The molecule has 2 aromatic carbocycles. The molecule has 0 aromatic heterocycles.